The molecule has 3 aliphatic rings. The van der Waals surface area contributed by atoms with Gasteiger partial charge in [-0.1, -0.05) is 19.4 Å². The van der Waals surface area contributed by atoms with E-state index in [0.717, 1.165) is 12.8 Å². The lowest BCUT2D eigenvalue weighted by molar-refractivity contribution is -0.374. The molecule has 0 spiro atoms. The molecule has 0 aromatic heterocycles. The van der Waals surface area contributed by atoms with Crippen LogP contribution in [0.5, 0.6) is 5.75 Å². The van der Waals surface area contributed by atoms with Gasteiger partial charge in [0.15, 0.2) is 18.9 Å². The minimum atomic E-state index is -1.65. The van der Waals surface area contributed by atoms with Gasteiger partial charge in [-0.05, 0) is 36.3 Å². The Hall–Kier alpha value is -2.13. The number of fused-ring (bicyclic) bond motifs is 1. The number of phenolic OH excluding ortho intramolecular Hbond substituents is 1. The summed E-state index contributed by atoms with van der Waals surface area (Å²) < 4.78 is 28.8. The van der Waals surface area contributed by atoms with Crippen LogP contribution in [0.25, 0.3) is 0 Å². The summed E-state index contributed by atoms with van der Waals surface area (Å²) in [5.74, 6) is -1.66. The molecule has 2 saturated heterocycles. The Morgan fingerprint density at radius 2 is 1.76 bits per heavy atom. The highest BCUT2D eigenvalue weighted by molar-refractivity contribution is 5.89. The second-order valence-corrected chi connectivity index (χ2v) is 9.77. The summed E-state index contributed by atoms with van der Waals surface area (Å²) in [6.07, 6.45) is -6.68. The van der Waals surface area contributed by atoms with Crippen molar-refractivity contribution in [1.29, 1.82) is 0 Å². The predicted octanol–water partition coefficient (Wildman–Crippen LogP) is -0.212. The molecular formula is C26H36O12. The molecule has 2 heterocycles. The third kappa shape index (κ3) is 6.36. The lowest BCUT2D eigenvalue weighted by Crippen LogP contribution is -2.60. The molecule has 12 nitrogen and oxygen atoms in total. The number of rotatable bonds is 10. The summed E-state index contributed by atoms with van der Waals surface area (Å²) in [4.78, 5) is 12.5. The highest BCUT2D eigenvalue weighted by atomic mass is 16.8. The second-order valence-electron chi connectivity index (χ2n) is 9.77. The van der Waals surface area contributed by atoms with E-state index in [4.69, 9.17) is 23.7 Å². The van der Waals surface area contributed by atoms with E-state index in [2.05, 4.69) is 0 Å². The quantitative estimate of drug-likeness (QED) is 0.131. The molecule has 6 N–H and O–H groups in total. The molecule has 10 atom stereocenters. The topological polar surface area (TPSA) is 185 Å². The first-order valence-electron chi connectivity index (χ1n) is 12.8. The monoisotopic (exact) mass is 540 g/mol. The zero-order valence-electron chi connectivity index (χ0n) is 21.0. The lowest BCUT2D eigenvalue weighted by Gasteiger charge is -2.45. The Kier molecular flexibility index (Phi) is 9.74. The van der Waals surface area contributed by atoms with Gasteiger partial charge in [0.25, 0.3) is 0 Å². The van der Waals surface area contributed by atoms with Crippen molar-refractivity contribution in [3.05, 3.63) is 41.5 Å². The molecule has 212 valence electrons. The number of hydrogen-bond acceptors (Lipinski definition) is 12. The van der Waals surface area contributed by atoms with Crippen molar-refractivity contribution in [3.63, 3.8) is 0 Å². The van der Waals surface area contributed by atoms with E-state index in [-0.39, 0.29) is 17.9 Å². The number of hydrogen-bond donors (Lipinski definition) is 6. The minimum Gasteiger partial charge on any atom is -0.508 e. The van der Waals surface area contributed by atoms with E-state index >= 15 is 0 Å². The van der Waals surface area contributed by atoms with Gasteiger partial charge in [-0.15, -0.1) is 0 Å². The molecule has 2 fully saturated rings. The van der Waals surface area contributed by atoms with E-state index in [0.29, 0.717) is 18.6 Å². The van der Waals surface area contributed by atoms with Gasteiger partial charge in [0.05, 0.1) is 18.3 Å². The van der Waals surface area contributed by atoms with Crippen molar-refractivity contribution in [2.45, 2.75) is 75.6 Å². The van der Waals surface area contributed by atoms with Crippen LogP contribution < -0.4 is 0 Å². The standard InChI is InChI=1S/C26H36O12/c1-2-3-8-34-19-10-16-17(29)9-14(12-35-24(33)13-4-6-15(28)7-5-13)20(16)25(37-19)38-26-23(32)22(31)21(30)18(11-27)36-26/h4-7,9,16-23,25-32H,2-3,8,10-12H2,1H3/t16-,17+,18+,19+,20+,21+,22-,23+,25-,26-/m0/s1. The number of aliphatic hydroxyl groups excluding tert-OH is 5. The van der Waals surface area contributed by atoms with Crippen LogP contribution in [0.2, 0.25) is 0 Å². The lowest BCUT2D eigenvalue weighted by atomic mass is 9.84. The van der Waals surface area contributed by atoms with Gasteiger partial charge in [-0.3, -0.25) is 0 Å². The van der Waals surface area contributed by atoms with Crippen molar-refractivity contribution in [2.75, 3.05) is 19.8 Å². The molecule has 12 heteroatoms. The first-order chi connectivity index (χ1) is 18.2. The third-order valence-corrected chi connectivity index (χ3v) is 7.15. The fourth-order valence-corrected chi connectivity index (χ4v) is 4.99. The normalized spacial score (nSPS) is 36.9. The van der Waals surface area contributed by atoms with Crippen molar-refractivity contribution in [2.24, 2.45) is 11.8 Å². The van der Waals surface area contributed by atoms with Gasteiger partial charge in [0.1, 0.15) is 36.8 Å². The van der Waals surface area contributed by atoms with Crippen molar-refractivity contribution >= 4 is 5.97 Å². The Morgan fingerprint density at radius 1 is 1.03 bits per heavy atom. The average Bonchev–Trinajstić information content (AvgIpc) is 3.23. The molecule has 2 aliphatic heterocycles. The molecular weight excluding hydrogens is 504 g/mol. The van der Waals surface area contributed by atoms with Gasteiger partial charge in [-0.25, -0.2) is 4.79 Å². The smallest absolute Gasteiger partial charge is 0.338 e. The van der Waals surface area contributed by atoms with Crippen LogP contribution >= 0.6 is 0 Å². The fourth-order valence-electron chi connectivity index (χ4n) is 4.99. The Balaban J connectivity index is 1.50. The summed E-state index contributed by atoms with van der Waals surface area (Å²) in [5, 5.41) is 60.6. The molecule has 4 rings (SSSR count). The number of esters is 1. The van der Waals surface area contributed by atoms with Gasteiger partial charge < -0.3 is 54.3 Å². The number of benzene rings is 1. The molecule has 1 aliphatic carbocycles. The van der Waals surface area contributed by atoms with Crippen LogP contribution in [0.15, 0.2) is 35.9 Å². The second kappa shape index (κ2) is 12.8. The summed E-state index contributed by atoms with van der Waals surface area (Å²) >= 11 is 0. The van der Waals surface area contributed by atoms with Gasteiger partial charge in [0.2, 0.25) is 0 Å². The van der Waals surface area contributed by atoms with Crippen molar-refractivity contribution < 1.29 is 59.1 Å². The van der Waals surface area contributed by atoms with Crippen LogP contribution in [0, 0.1) is 11.8 Å². The molecule has 38 heavy (non-hydrogen) atoms. The van der Waals surface area contributed by atoms with E-state index in [1.54, 1.807) is 6.08 Å². The Bertz CT molecular complexity index is 950. The van der Waals surface area contributed by atoms with E-state index in [1.165, 1.54) is 24.3 Å². The van der Waals surface area contributed by atoms with Crippen LogP contribution in [0.1, 0.15) is 36.5 Å². The Morgan fingerprint density at radius 3 is 2.45 bits per heavy atom. The van der Waals surface area contributed by atoms with Gasteiger partial charge in [-0.2, -0.15) is 0 Å². The van der Waals surface area contributed by atoms with E-state index < -0.39 is 73.8 Å². The Labute approximate surface area is 220 Å². The number of carbonyl (C=O) groups excluding carboxylic acids is 1. The minimum absolute atomic E-state index is 0.00858. The summed E-state index contributed by atoms with van der Waals surface area (Å²) in [7, 11) is 0. The van der Waals surface area contributed by atoms with Gasteiger partial charge >= 0.3 is 5.97 Å². The first kappa shape index (κ1) is 28.9. The largest absolute Gasteiger partial charge is 0.508 e. The molecule has 0 unspecified atom stereocenters. The SMILES string of the molecule is CCCCO[C@H]1C[C@@H]2[C@@H](C(COC(=O)c3ccc(O)cc3)=C[C@H]2O)[C@H](O[C@@H]2O[C@H](CO)[C@@H](O)[C@H](O)[C@H]2O)O1. The summed E-state index contributed by atoms with van der Waals surface area (Å²) in [5.41, 5.74) is 0.758. The molecule has 1 aromatic rings. The number of phenols is 1. The fraction of sp³-hybridized carbons (Fsp3) is 0.654. The number of unbranched alkanes of at least 4 members (excludes halogenated alkanes) is 1. The average molecular weight is 541 g/mol. The van der Waals surface area contributed by atoms with Crippen molar-refractivity contribution in [1.82, 2.24) is 0 Å². The predicted molar refractivity (Wildman–Crippen MR) is 128 cm³/mol. The van der Waals surface area contributed by atoms with Crippen LogP contribution in [0.3, 0.4) is 0 Å². The molecule has 0 saturated carbocycles. The molecule has 0 amide bonds. The summed E-state index contributed by atoms with van der Waals surface area (Å²) in [6.45, 7) is 1.63. The number of aliphatic hydroxyl groups is 5. The van der Waals surface area contributed by atoms with Crippen LogP contribution in [-0.2, 0) is 23.7 Å². The number of aromatic hydroxyl groups is 1. The van der Waals surface area contributed by atoms with E-state index in [9.17, 15) is 35.4 Å². The first-order valence-corrected chi connectivity index (χ1v) is 12.8. The van der Waals surface area contributed by atoms with Crippen LogP contribution in [-0.4, -0.2) is 106 Å². The maximum Gasteiger partial charge on any atom is 0.338 e. The molecule has 0 bridgehead atoms. The van der Waals surface area contributed by atoms with Crippen molar-refractivity contribution in [3.8, 4) is 5.75 Å². The highest BCUT2D eigenvalue weighted by Crippen LogP contribution is 2.44. The maximum atomic E-state index is 12.5. The maximum absolute atomic E-state index is 12.5. The number of ether oxygens (including phenoxy) is 5. The summed E-state index contributed by atoms with van der Waals surface area (Å²) in [6, 6.07) is 5.57. The van der Waals surface area contributed by atoms with E-state index in [1.807, 2.05) is 6.92 Å². The molecule has 1 aromatic carbocycles. The number of carbonyl (C=O) groups is 1. The zero-order valence-corrected chi connectivity index (χ0v) is 21.0. The molecule has 0 radical (unpaired) electrons. The highest BCUT2D eigenvalue weighted by Gasteiger charge is 2.51. The van der Waals surface area contributed by atoms with Crippen LogP contribution in [0.4, 0.5) is 0 Å². The zero-order chi connectivity index (χ0) is 27.4. The third-order valence-electron chi connectivity index (χ3n) is 7.15. The van der Waals surface area contributed by atoms with Gasteiger partial charge in [0, 0.05) is 24.9 Å².